The molecule has 0 aliphatic heterocycles. The van der Waals surface area contributed by atoms with Crippen molar-refractivity contribution in [2.24, 2.45) is 0 Å². The van der Waals surface area contributed by atoms with E-state index in [1.165, 1.54) is 16.3 Å². The van der Waals surface area contributed by atoms with Crippen LogP contribution in [0.25, 0.3) is 10.8 Å². The van der Waals surface area contributed by atoms with Gasteiger partial charge < -0.3 is 0 Å². The Morgan fingerprint density at radius 3 is 1.70 bits per heavy atom. The Morgan fingerprint density at radius 1 is 0.576 bits per heavy atom. The third-order valence-electron chi connectivity index (χ3n) is 6.07. The van der Waals surface area contributed by atoms with Crippen LogP contribution in [0.15, 0.2) is 127 Å². The van der Waals surface area contributed by atoms with Crippen molar-refractivity contribution >= 4 is 28.7 Å². The molecule has 0 unspecified atom stereocenters. The van der Waals surface area contributed by atoms with Gasteiger partial charge in [-0.1, -0.05) is 103 Å². The predicted octanol–water partition coefficient (Wildman–Crippen LogP) is 6.76. The van der Waals surface area contributed by atoms with Crippen molar-refractivity contribution in [2.45, 2.75) is 13.0 Å². The summed E-state index contributed by atoms with van der Waals surface area (Å²) in [5.74, 6) is 0. The maximum Gasteiger partial charge on any atom is 0.205 e. The number of fused-ring (bicyclic) bond motifs is 1. The molecule has 5 aromatic carbocycles. The number of benzene rings is 5. The van der Waals surface area contributed by atoms with Gasteiger partial charge in [-0.25, -0.2) is 5.09 Å². The van der Waals surface area contributed by atoms with Gasteiger partial charge in [-0.15, -0.1) is 0 Å². The van der Waals surface area contributed by atoms with E-state index in [1.54, 1.807) is 0 Å². The highest BCUT2D eigenvalue weighted by Gasteiger charge is 2.31. The number of aryl methyl sites for hydroxylation is 1. The first kappa shape index (κ1) is 21.4. The Bertz CT molecular complexity index is 1370. The van der Waals surface area contributed by atoms with Crippen molar-refractivity contribution < 1.29 is 4.57 Å². The Morgan fingerprint density at radius 2 is 1.09 bits per heavy atom. The van der Waals surface area contributed by atoms with Crippen LogP contribution in [0, 0.1) is 6.92 Å². The molecule has 0 saturated heterocycles. The SMILES string of the molecule is Cc1ccc([C@@H](NP(=O)(c2ccccc2)c2ccccc2)c2ccc3ccccc3c2)cc1. The molecule has 33 heavy (non-hydrogen) atoms. The smallest absolute Gasteiger partial charge is 0.205 e. The lowest BCUT2D eigenvalue weighted by Gasteiger charge is -2.28. The van der Waals surface area contributed by atoms with Crippen LogP contribution in [-0.2, 0) is 4.57 Å². The molecule has 1 atom stereocenters. The second-order valence-corrected chi connectivity index (χ2v) is 10.9. The molecule has 0 radical (unpaired) electrons. The molecule has 0 saturated carbocycles. The third-order valence-corrected chi connectivity index (χ3v) is 8.74. The average Bonchev–Trinajstić information content (AvgIpc) is 2.88. The number of rotatable bonds is 6. The molecular weight excluding hydrogens is 421 g/mol. The van der Waals surface area contributed by atoms with Gasteiger partial charge >= 0.3 is 0 Å². The van der Waals surface area contributed by atoms with Crippen LogP contribution in [0.5, 0.6) is 0 Å². The summed E-state index contributed by atoms with van der Waals surface area (Å²) >= 11 is 0. The third kappa shape index (κ3) is 4.41. The summed E-state index contributed by atoms with van der Waals surface area (Å²) < 4.78 is 14.8. The highest BCUT2D eigenvalue weighted by Crippen LogP contribution is 2.43. The predicted molar refractivity (Wildman–Crippen MR) is 140 cm³/mol. The first-order valence-electron chi connectivity index (χ1n) is 11.2. The topological polar surface area (TPSA) is 29.1 Å². The molecule has 2 nitrogen and oxygen atoms in total. The molecule has 162 valence electrons. The molecule has 0 amide bonds. The number of hydrogen-bond donors (Lipinski definition) is 1. The van der Waals surface area contributed by atoms with E-state index in [0.717, 1.165) is 21.7 Å². The Hall–Kier alpha value is -3.45. The summed E-state index contributed by atoms with van der Waals surface area (Å²) in [6.07, 6.45) is 0. The van der Waals surface area contributed by atoms with E-state index in [2.05, 4.69) is 78.7 Å². The highest BCUT2D eigenvalue weighted by atomic mass is 31.2. The van der Waals surface area contributed by atoms with Gasteiger partial charge in [-0.2, -0.15) is 0 Å². The Labute approximate surface area is 195 Å². The van der Waals surface area contributed by atoms with Crippen LogP contribution in [0.1, 0.15) is 22.7 Å². The second-order valence-electron chi connectivity index (χ2n) is 8.36. The largest absolute Gasteiger partial charge is 0.296 e. The minimum absolute atomic E-state index is 0.235. The van der Waals surface area contributed by atoms with Crippen molar-refractivity contribution in [3.8, 4) is 0 Å². The van der Waals surface area contributed by atoms with E-state index in [9.17, 15) is 4.57 Å². The van der Waals surface area contributed by atoms with Crippen LogP contribution < -0.4 is 15.7 Å². The van der Waals surface area contributed by atoms with Crippen LogP contribution in [-0.4, -0.2) is 0 Å². The minimum atomic E-state index is -3.13. The van der Waals surface area contributed by atoms with Crippen LogP contribution in [0.2, 0.25) is 0 Å². The van der Waals surface area contributed by atoms with Gasteiger partial charge in [0.2, 0.25) is 7.29 Å². The van der Waals surface area contributed by atoms with E-state index in [-0.39, 0.29) is 6.04 Å². The van der Waals surface area contributed by atoms with Gasteiger partial charge in [0.05, 0.1) is 6.04 Å². The van der Waals surface area contributed by atoms with E-state index in [4.69, 9.17) is 0 Å². The zero-order valence-electron chi connectivity index (χ0n) is 18.6. The standard InChI is InChI=1S/C30H26NOP/c1-23-16-18-25(19-17-23)30(27-21-20-24-10-8-9-11-26(24)22-27)31-33(32,28-12-4-2-5-13-28)29-14-6-3-7-15-29/h2-22,30H,1H3,(H,31,32)/t30-/m1/s1. The van der Waals surface area contributed by atoms with Gasteiger partial charge in [0.25, 0.3) is 0 Å². The normalized spacial score (nSPS) is 12.5. The summed E-state index contributed by atoms with van der Waals surface area (Å²) in [6.45, 7) is 2.08. The van der Waals surface area contributed by atoms with E-state index >= 15 is 0 Å². The monoisotopic (exact) mass is 447 g/mol. The van der Waals surface area contributed by atoms with Crippen LogP contribution in [0.4, 0.5) is 0 Å². The Balaban J connectivity index is 1.68. The first-order valence-corrected chi connectivity index (χ1v) is 12.9. The van der Waals surface area contributed by atoms with Gasteiger partial charge in [-0.05, 0) is 59.2 Å². The van der Waals surface area contributed by atoms with E-state index < -0.39 is 7.29 Å². The summed E-state index contributed by atoms with van der Waals surface area (Å²) in [6, 6.07) is 42.6. The molecule has 0 aliphatic rings. The van der Waals surface area contributed by atoms with Crippen molar-refractivity contribution in [2.75, 3.05) is 0 Å². The van der Waals surface area contributed by atoms with Gasteiger partial charge in [0.1, 0.15) is 0 Å². The van der Waals surface area contributed by atoms with Gasteiger partial charge in [-0.3, -0.25) is 4.57 Å². The molecule has 3 heteroatoms. The van der Waals surface area contributed by atoms with Crippen molar-refractivity contribution in [1.29, 1.82) is 0 Å². The van der Waals surface area contributed by atoms with Crippen molar-refractivity contribution in [3.63, 3.8) is 0 Å². The minimum Gasteiger partial charge on any atom is -0.296 e. The molecule has 5 aromatic rings. The molecule has 0 aliphatic carbocycles. The van der Waals surface area contributed by atoms with E-state index in [0.29, 0.717) is 0 Å². The molecule has 0 spiro atoms. The molecular formula is C30H26NOP. The summed E-state index contributed by atoms with van der Waals surface area (Å²) in [5.41, 5.74) is 3.37. The van der Waals surface area contributed by atoms with Crippen LogP contribution in [0.3, 0.4) is 0 Å². The lowest BCUT2D eigenvalue weighted by molar-refractivity contribution is 0.572. The van der Waals surface area contributed by atoms with Crippen molar-refractivity contribution in [1.82, 2.24) is 5.09 Å². The summed E-state index contributed by atoms with van der Waals surface area (Å²) in [4.78, 5) is 0. The zero-order chi connectivity index (χ0) is 22.7. The quantitative estimate of drug-likeness (QED) is 0.292. The first-order chi connectivity index (χ1) is 16.1. The maximum absolute atomic E-state index is 14.8. The highest BCUT2D eigenvalue weighted by molar-refractivity contribution is 7.76. The fourth-order valence-electron chi connectivity index (χ4n) is 4.24. The molecule has 0 bridgehead atoms. The summed E-state index contributed by atoms with van der Waals surface area (Å²) in [5, 5.41) is 7.60. The van der Waals surface area contributed by atoms with Gasteiger partial charge in [0.15, 0.2) is 0 Å². The summed E-state index contributed by atoms with van der Waals surface area (Å²) in [7, 11) is -3.13. The number of nitrogens with one attached hydrogen (secondary N) is 1. The molecule has 0 aromatic heterocycles. The number of hydrogen-bond acceptors (Lipinski definition) is 1. The zero-order valence-corrected chi connectivity index (χ0v) is 19.5. The fourth-order valence-corrected chi connectivity index (χ4v) is 6.69. The van der Waals surface area contributed by atoms with E-state index in [1.807, 2.05) is 60.7 Å². The Kier molecular flexibility index (Phi) is 5.96. The molecule has 5 rings (SSSR count). The lowest BCUT2D eigenvalue weighted by Crippen LogP contribution is -2.31. The lowest BCUT2D eigenvalue weighted by atomic mass is 9.96. The van der Waals surface area contributed by atoms with Gasteiger partial charge in [0, 0.05) is 10.6 Å². The molecule has 1 N–H and O–H groups in total. The molecule has 0 heterocycles. The molecule has 0 fully saturated rings. The second kappa shape index (κ2) is 9.19. The fraction of sp³-hybridized carbons (Fsp3) is 0.0667. The maximum atomic E-state index is 14.8. The van der Waals surface area contributed by atoms with Crippen LogP contribution >= 0.6 is 7.29 Å². The van der Waals surface area contributed by atoms with Crippen molar-refractivity contribution in [3.05, 3.63) is 144 Å². The average molecular weight is 448 g/mol.